The van der Waals surface area contributed by atoms with E-state index >= 15 is 0 Å². The number of hydrogen-bond donors (Lipinski definition) is 2. The summed E-state index contributed by atoms with van der Waals surface area (Å²) in [6.45, 7) is 5.27. The van der Waals surface area contributed by atoms with Crippen LogP contribution in [-0.2, 0) is 11.0 Å². The number of nitrogens with one attached hydrogen (secondary N) is 2. The van der Waals surface area contributed by atoms with Crippen LogP contribution in [-0.4, -0.2) is 16.9 Å². The van der Waals surface area contributed by atoms with Gasteiger partial charge in [-0.05, 0) is 44.0 Å². The molecule has 1 amide bonds. The van der Waals surface area contributed by atoms with Crippen molar-refractivity contribution in [1.82, 2.24) is 0 Å². The fourth-order valence-electron chi connectivity index (χ4n) is 2.44. The maximum Gasteiger partial charge on any atom is 0.418 e. The van der Waals surface area contributed by atoms with Crippen LogP contribution in [0.3, 0.4) is 0 Å². The third-order valence-electron chi connectivity index (χ3n) is 4.15. The van der Waals surface area contributed by atoms with Gasteiger partial charge in [-0.2, -0.15) is 13.2 Å². The lowest BCUT2D eigenvalue weighted by Gasteiger charge is -2.19. The second kappa shape index (κ2) is 7.65. The molecule has 0 aliphatic rings. The zero-order chi connectivity index (χ0) is 20.4. The molecule has 9 heteroatoms. The van der Waals surface area contributed by atoms with E-state index in [2.05, 4.69) is 10.6 Å². The van der Waals surface area contributed by atoms with Gasteiger partial charge in [-0.25, -0.2) is 0 Å². The maximum absolute atomic E-state index is 13.2. The lowest BCUT2D eigenvalue weighted by atomic mass is 10.1. The van der Waals surface area contributed by atoms with E-state index in [0.29, 0.717) is 11.8 Å². The third kappa shape index (κ3) is 4.75. The van der Waals surface area contributed by atoms with Crippen molar-refractivity contribution >= 4 is 23.0 Å². The molecule has 2 aromatic rings. The summed E-state index contributed by atoms with van der Waals surface area (Å²) < 4.78 is 39.6. The Morgan fingerprint density at radius 3 is 2.41 bits per heavy atom. The summed E-state index contributed by atoms with van der Waals surface area (Å²) in [4.78, 5) is 22.1. The highest BCUT2D eigenvalue weighted by Gasteiger charge is 2.36. The zero-order valence-corrected chi connectivity index (χ0v) is 14.8. The topological polar surface area (TPSA) is 84.3 Å². The second-order valence-electron chi connectivity index (χ2n) is 6.09. The van der Waals surface area contributed by atoms with Gasteiger partial charge in [-0.15, -0.1) is 0 Å². The van der Waals surface area contributed by atoms with Crippen molar-refractivity contribution in [2.45, 2.75) is 33.0 Å². The first-order valence-electron chi connectivity index (χ1n) is 8.00. The van der Waals surface area contributed by atoms with Gasteiger partial charge >= 0.3 is 6.18 Å². The highest BCUT2D eigenvalue weighted by atomic mass is 19.4. The largest absolute Gasteiger partial charge is 0.418 e. The zero-order valence-electron chi connectivity index (χ0n) is 14.8. The Morgan fingerprint density at radius 1 is 1.15 bits per heavy atom. The van der Waals surface area contributed by atoms with Gasteiger partial charge < -0.3 is 10.6 Å². The van der Waals surface area contributed by atoms with Crippen LogP contribution in [0.1, 0.15) is 23.6 Å². The van der Waals surface area contributed by atoms with Crippen molar-refractivity contribution in [2.75, 3.05) is 10.6 Å². The summed E-state index contributed by atoms with van der Waals surface area (Å²) in [6.07, 6.45) is -4.85. The van der Waals surface area contributed by atoms with E-state index in [4.69, 9.17) is 0 Å². The van der Waals surface area contributed by atoms with Crippen LogP contribution in [0.4, 0.5) is 30.2 Å². The van der Waals surface area contributed by atoms with Crippen molar-refractivity contribution < 1.29 is 22.9 Å². The maximum atomic E-state index is 13.2. The van der Waals surface area contributed by atoms with Crippen molar-refractivity contribution in [3.63, 3.8) is 0 Å². The molecule has 2 rings (SSSR count). The number of nitro benzene ring substituents is 1. The highest BCUT2D eigenvalue weighted by molar-refractivity contribution is 5.97. The molecular formula is C18H18F3N3O3. The number of anilines is 2. The van der Waals surface area contributed by atoms with Gasteiger partial charge in [0.25, 0.3) is 5.69 Å². The van der Waals surface area contributed by atoms with E-state index in [-0.39, 0.29) is 0 Å². The summed E-state index contributed by atoms with van der Waals surface area (Å²) in [5.41, 5.74) is 0.0989. The average Bonchev–Trinajstić information content (AvgIpc) is 2.58. The average molecular weight is 381 g/mol. The quantitative estimate of drug-likeness (QED) is 0.582. The number of amides is 1. The summed E-state index contributed by atoms with van der Waals surface area (Å²) in [7, 11) is 0. The van der Waals surface area contributed by atoms with Gasteiger partial charge in [0, 0.05) is 17.8 Å². The van der Waals surface area contributed by atoms with Crippen molar-refractivity contribution in [1.29, 1.82) is 0 Å². The molecule has 0 saturated carbocycles. The Kier molecular flexibility index (Phi) is 5.72. The van der Waals surface area contributed by atoms with Gasteiger partial charge in [0.1, 0.15) is 6.04 Å². The van der Waals surface area contributed by atoms with Crippen molar-refractivity contribution in [3.8, 4) is 0 Å². The molecule has 0 unspecified atom stereocenters. The smallest absolute Gasteiger partial charge is 0.374 e. The molecule has 0 fully saturated rings. The normalized spacial score (nSPS) is 12.4. The van der Waals surface area contributed by atoms with Crippen LogP contribution < -0.4 is 10.6 Å². The first-order valence-corrected chi connectivity index (χ1v) is 8.00. The number of hydrogen-bond acceptors (Lipinski definition) is 4. The Morgan fingerprint density at radius 2 is 1.81 bits per heavy atom. The van der Waals surface area contributed by atoms with Gasteiger partial charge in [0.05, 0.1) is 16.2 Å². The first-order chi connectivity index (χ1) is 12.5. The number of aryl methyl sites for hydroxylation is 1. The van der Waals surface area contributed by atoms with Crippen LogP contribution in [0.25, 0.3) is 0 Å². The lowest BCUT2D eigenvalue weighted by Crippen LogP contribution is -2.32. The molecule has 2 aromatic carbocycles. The standard InChI is InChI=1S/C18H18F3N3O3/c1-10-5-4-6-15(11(10)2)22-12(3)17(25)23-16-8-7-13(24(26)27)9-14(16)18(19,20)21/h4-9,12,22H,1-3H3,(H,23,25)/t12-/m1/s1. The molecule has 0 aromatic heterocycles. The van der Waals surface area contributed by atoms with E-state index in [1.807, 2.05) is 19.9 Å². The Bertz CT molecular complexity index is 882. The summed E-state index contributed by atoms with van der Waals surface area (Å²) >= 11 is 0. The van der Waals surface area contributed by atoms with E-state index in [9.17, 15) is 28.1 Å². The highest BCUT2D eigenvalue weighted by Crippen LogP contribution is 2.37. The minimum atomic E-state index is -4.85. The fraction of sp³-hybridized carbons (Fsp3) is 0.278. The Hall–Kier alpha value is -3.10. The number of halogens is 3. The molecule has 0 spiro atoms. The molecule has 6 nitrogen and oxygen atoms in total. The van der Waals surface area contributed by atoms with E-state index < -0.39 is 40.0 Å². The first kappa shape index (κ1) is 20.2. The lowest BCUT2D eigenvalue weighted by molar-refractivity contribution is -0.385. The molecule has 144 valence electrons. The molecule has 0 aliphatic carbocycles. The summed E-state index contributed by atoms with van der Waals surface area (Å²) in [6, 6.07) is 6.82. The third-order valence-corrected chi connectivity index (χ3v) is 4.15. The molecule has 0 bridgehead atoms. The van der Waals surface area contributed by atoms with Crippen molar-refractivity contribution in [3.05, 3.63) is 63.2 Å². The minimum Gasteiger partial charge on any atom is -0.374 e. The number of alkyl halides is 3. The van der Waals surface area contributed by atoms with Gasteiger partial charge in [0.2, 0.25) is 5.91 Å². The molecule has 0 saturated heterocycles. The Balaban J connectivity index is 2.24. The van der Waals surface area contributed by atoms with Gasteiger partial charge in [-0.1, -0.05) is 12.1 Å². The number of benzene rings is 2. The monoisotopic (exact) mass is 381 g/mol. The van der Waals surface area contributed by atoms with Gasteiger partial charge in [0.15, 0.2) is 0 Å². The molecule has 0 radical (unpaired) electrons. The second-order valence-corrected chi connectivity index (χ2v) is 6.09. The number of non-ortho nitro benzene ring substituents is 1. The molecular weight excluding hydrogens is 363 g/mol. The summed E-state index contributed by atoms with van der Waals surface area (Å²) in [5.74, 6) is -0.699. The predicted molar refractivity (Wildman–Crippen MR) is 95.7 cm³/mol. The van der Waals surface area contributed by atoms with E-state index in [0.717, 1.165) is 23.3 Å². The minimum absolute atomic E-state index is 0.401. The van der Waals surface area contributed by atoms with Crippen LogP contribution in [0.15, 0.2) is 36.4 Å². The van der Waals surface area contributed by atoms with Crippen LogP contribution in [0.5, 0.6) is 0 Å². The predicted octanol–water partition coefficient (Wildman–Crippen LogP) is 4.67. The molecule has 0 heterocycles. The number of nitro groups is 1. The SMILES string of the molecule is Cc1cccc(N[C@H](C)C(=O)Nc2ccc([N+](=O)[O-])cc2C(F)(F)F)c1C. The van der Waals surface area contributed by atoms with E-state index in [1.54, 1.807) is 12.1 Å². The number of rotatable bonds is 5. The molecule has 0 aliphatic heterocycles. The number of carbonyl (C=O) groups is 1. The Labute approximate surface area is 153 Å². The molecule has 27 heavy (non-hydrogen) atoms. The number of nitrogens with zero attached hydrogens (tertiary/aromatic N) is 1. The molecule has 1 atom stereocenters. The van der Waals surface area contributed by atoms with Crippen molar-refractivity contribution in [2.24, 2.45) is 0 Å². The van der Waals surface area contributed by atoms with Crippen LogP contribution >= 0.6 is 0 Å². The van der Waals surface area contributed by atoms with Gasteiger partial charge in [-0.3, -0.25) is 14.9 Å². The van der Waals surface area contributed by atoms with E-state index in [1.165, 1.54) is 6.92 Å². The fourth-order valence-corrected chi connectivity index (χ4v) is 2.44. The van der Waals surface area contributed by atoms with Crippen LogP contribution in [0, 0.1) is 24.0 Å². The summed E-state index contributed by atoms with van der Waals surface area (Å²) in [5, 5.41) is 15.9. The number of carbonyl (C=O) groups excluding carboxylic acids is 1. The van der Waals surface area contributed by atoms with Crippen LogP contribution in [0.2, 0.25) is 0 Å². The molecule has 2 N–H and O–H groups in total.